The van der Waals surface area contributed by atoms with E-state index in [1.807, 2.05) is 0 Å². The predicted octanol–water partition coefficient (Wildman–Crippen LogP) is 2.64. The van der Waals surface area contributed by atoms with Crippen molar-refractivity contribution in [2.45, 2.75) is 44.3 Å². The van der Waals surface area contributed by atoms with Gasteiger partial charge < -0.3 is 31.1 Å². The number of rotatable bonds is 7. The maximum Gasteiger partial charge on any atom is 0.259 e. The van der Waals surface area contributed by atoms with Gasteiger partial charge in [0.2, 0.25) is 5.91 Å². The van der Waals surface area contributed by atoms with Crippen LogP contribution in [0.3, 0.4) is 0 Å². The molecular weight excluding hydrogens is 498 g/mol. The van der Waals surface area contributed by atoms with Crippen LogP contribution in [0.25, 0.3) is 0 Å². The summed E-state index contributed by atoms with van der Waals surface area (Å²) in [5.74, 6) is -1.36. The number of hydrogen-bond donors (Lipinski definition) is 5. The average molecular weight is 530 g/mol. The van der Waals surface area contributed by atoms with Crippen molar-refractivity contribution in [1.29, 1.82) is 5.41 Å². The summed E-state index contributed by atoms with van der Waals surface area (Å²) in [6, 6.07) is 13.1. The highest BCUT2D eigenvalue weighted by molar-refractivity contribution is 6.04. The molecule has 3 amide bonds. The summed E-state index contributed by atoms with van der Waals surface area (Å²) in [5, 5.41) is 23.5. The lowest BCUT2D eigenvalue weighted by molar-refractivity contribution is -0.150. The standard InChI is InChI=1S/C26H31N5O5.ClH/c27-23(28)16-6-8-18(9-7-16)30-25(34)21(32)22-26(35)31(14-15-36-22)20-12-10-19(11-13-20)29-24(33)17-4-2-1-3-5-17;/h6-13,17,21-22,32H,1-5,14-15H2,(H3,27,28)(H,29,33)(H,30,34);1H/t21-,22-;/m1./s1. The molecule has 0 spiro atoms. The molecule has 198 valence electrons. The lowest BCUT2D eigenvalue weighted by Crippen LogP contribution is -2.55. The zero-order chi connectivity index (χ0) is 25.7. The van der Waals surface area contributed by atoms with E-state index in [0.29, 0.717) is 22.6 Å². The molecule has 2 aromatic rings. The lowest BCUT2D eigenvalue weighted by Gasteiger charge is -2.34. The Balaban J connectivity index is 0.00000380. The molecule has 6 N–H and O–H groups in total. The SMILES string of the molecule is Cl.N=C(N)c1ccc(NC(=O)[C@H](O)[C@H]2OCCN(c3ccc(NC(=O)C4CCCCC4)cc3)C2=O)cc1. The van der Waals surface area contributed by atoms with Crippen molar-refractivity contribution in [3.63, 3.8) is 0 Å². The van der Waals surface area contributed by atoms with Crippen LogP contribution in [0, 0.1) is 11.3 Å². The van der Waals surface area contributed by atoms with Crippen LogP contribution in [0.4, 0.5) is 17.1 Å². The normalized spacial score (nSPS) is 18.9. The molecular formula is C26H32ClN5O5. The zero-order valence-corrected chi connectivity index (χ0v) is 21.1. The minimum absolute atomic E-state index is 0. The number of nitrogens with one attached hydrogen (secondary N) is 3. The van der Waals surface area contributed by atoms with Crippen molar-refractivity contribution in [2.24, 2.45) is 11.7 Å². The summed E-state index contributed by atoms with van der Waals surface area (Å²) in [6.07, 6.45) is 2.07. The molecule has 2 fully saturated rings. The molecule has 37 heavy (non-hydrogen) atoms. The summed E-state index contributed by atoms with van der Waals surface area (Å²) < 4.78 is 5.45. The van der Waals surface area contributed by atoms with Gasteiger partial charge in [0.15, 0.2) is 12.2 Å². The number of morpholine rings is 1. The molecule has 0 bridgehead atoms. The number of nitrogens with zero attached hydrogens (tertiary/aromatic N) is 1. The first kappa shape index (κ1) is 28.1. The molecule has 1 heterocycles. The van der Waals surface area contributed by atoms with Crippen molar-refractivity contribution < 1.29 is 24.2 Å². The highest BCUT2D eigenvalue weighted by Crippen LogP contribution is 2.26. The summed E-state index contributed by atoms with van der Waals surface area (Å²) in [5.41, 5.74) is 7.54. The van der Waals surface area contributed by atoms with E-state index in [1.54, 1.807) is 48.5 Å². The number of aliphatic hydroxyl groups is 1. The topological polar surface area (TPSA) is 158 Å². The lowest BCUT2D eigenvalue weighted by atomic mass is 9.88. The van der Waals surface area contributed by atoms with Crippen LogP contribution in [0.1, 0.15) is 37.7 Å². The molecule has 2 atom stereocenters. The number of carbonyl (C=O) groups excluding carboxylic acids is 3. The van der Waals surface area contributed by atoms with Gasteiger partial charge in [-0.05, 0) is 61.4 Å². The first-order valence-corrected chi connectivity index (χ1v) is 12.1. The number of anilines is 3. The smallest absolute Gasteiger partial charge is 0.259 e. The molecule has 0 radical (unpaired) electrons. The predicted molar refractivity (Wildman–Crippen MR) is 143 cm³/mol. The monoisotopic (exact) mass is 529 g/mol. The molecule has 1 aliphatic heterocycles. The second-order valence-corrected chi connectivity index (χ2v) is 9.08. The molecule has 2 aliphatic rings. The van der Waals surface area contributed by atoms with Gasteiger partial charge in [0, 0.05) is 35.1 Å². The number of carbonyl (C=O) groups is 3. The van der Waals surface area contributed by atoms with Gasteiger partial charge in [-0.25, -0.2) is 0 Å². The Kier molecular flexibility index (Phi) is 9.62. The maximum atomic E-state index is 13.1. The molecule has 11 heteroatoms. The van der Waals surface area contributed by atoms with E-state index < -0.39 is 24.0 Å². The fourth-order valence-electron chi connectivity index (χ4n) is 4.51. The Bertz CT molecular complexity index is 1120. The van der Waals surface area contributed by atoms with Crippen molar-refractivity contribution in [2.75, 3.05) is 28.7 Å². The summed E-state index contributed by atoms with van der Waals surface area (Å²) >= 11 is 0. The largest absolute Gasteiger partial charge is 0.384 e. The number of hydrogen-bond acceptors (Lipinski definition) is 6. The van der Waals surface area contributed by atoms with Crippen LogP contribution in [0.2, 0.25) is 0 Å². The molecule has 2 aromatic carbocycles. The van der Waals surface area contributed by atoms with Crippen LogP contribution < -0.4 is 21.3 Å². The van der Waals surface area contributed by atoms with Crippen LogP contribution in [0.15, 0.2) is 48.5 Å². The highest BCUT2D eigenvalue weighted by Gasteiger charge is 2.39. The number of halogens is 1. The van der Waals surface area contributed by atoms with Gasteiger partial charge in [-0.15, -0.1) is 12.4 Å². The van der Waals surface area contributed by atoms with Gasteiger partial charge in [0.1, 0.15) is 5.84 Å². The van der Waals surface area contributed by atoms with Crippen LogP contribution >= 0.6 is 12.4 Å². The third-order valence-electron chi connectivity index (χ3n) is 6.56. The average Bonchev–Trinajstić information content (AvgIpc) is 2.90. The second kappa shape index (κ2) is 12.7. The quantitative estimate of drug-likeness (QED) is 0.274. The van der Waals surface area contributed by atoms with Gasteiger partial charge in [0.05, 0.1) is 6.61 Å². The van der Waals surface area contributed by atoms with E-state index in [-0.39, 0.29) is 43.2 Å². The molecule has 1 saturated carbocycles. The van der Waals surface area contributed by atoms with Crippen molar-refractivity contribution in [3.8, 4) is 0 Å². The van der Waals surface area contributed by atoms with E-state index >= 15 is 0 Å². The number of aliphatic hydroxyl groups excluding tert-OH is 1. The third kappa shape index (κ3) is 6.85. The van der Waals surface area contributed by atoms with Crippen molar-refractivity contribution in [3.05, 3.63) is 54.1 Å². The maximum absolute atomic E-state index is 13.1. The molecule has 4 rings (SSSR count). The van der Waals surface area contributed by atoms with Crippen molar-refractivity contribution >= 4 is 53.0 Å². The Morgan fingerprint density at radius 3 is 2.22 bits per heavy atom. The molecule has 0 aromatic heterocycles. The summed E-state index contributed by atoms with van der Waals surface area (Å²) in [4.78, 5) is 39.6. The Hall–Kier alpha value is -3.47. The number of nitrogens with two attached hydrogens (primary N) is 1. The summed E-state index contributed by atoms with van der Waals surface area (Å²) in [6.45, 7) is 0.415. The van der Waals surface area contributed by atoms with Gasteiger partial charge in [-0.1, -0.05) is 19.3 Å². The Morgan fingerprint density at radius 1 is 1.00 bits per heavy atom. The minimum Gasteiger partial charge on any atom is -0.384 e. The number of nitrogen functional groups attached to an aromatic ring is 1. The molecule has 0 unspecified atom stereocenters. The summed E-state index contributed by atoms with van der Waals surface area (Å²) in [7, 11) is 0. The number of amidine groups is 1. The second-order valence-electron chi connectivity index (χ2n) is 9.08. The Morgan fingerprint density at radius 2 is 1.59 bits per heavy atom. The van der Waals surface area contributed by atoms with E-state index in [1.165, 1.54) is 11.3 Å². The molecule has 10 nitrogen and oxygen atoms in total. The number of benzene rings is 2. The van der Waals surface area contributed by atoms with E-state index in [2.05, 4.69) is 10.6 Å². The third-order valence-corrected chi connectivity index (χ3v) is 6.56. The van der Waals surface area contributed by atoms with Gasteiger partial charge in [0.25, 0.3) is 11.8 Å². The van der Waals surface area contributed by atoms with Gasteiger partial charge in [-0.3, -0.25) is 19.8 Å². The zero-order valence-electron chi connectivity index (χ0n) is 20.3. The molecule has 1 saturated heterocycles. The van der Waals surface area contributed by atoms with Crippen LogP contribution in [0.5, 0.6) is 0 Å². The van der Waals surface area contributed by atoms with Crippen LogP contribution in [-0.2, 0) is 19.1 Å². The van der Waals surface area contributed by atoms with Gasteiger partial charge in [-0.2, -0.15) is 0 Å². The molecule has 1 aliphatic carbocycles. The number of ether oxygens (including phenoxy) is 1. The number of amides is 3. The van der Waals surface area contributed by atoms with Gasteiger partial charge >= 0.3 is 0 Å². The first-order valence-electron chi connectivity index (χ1n) is 12.1. The minimum atomic E-state index is -1.72. The van der Waals surface area contributed by atoms with E-state index in [0.717, 1.165) is 25.7 Å². The fourth-order valence-corrected chi connectivity index (χ4v) is 4.51. The van der Waals surface area contributed by atoms with E-state index in [9.17, 15) is 19.5 Å². The highest BCUT2D eigenvalue weighted by atomic mass is 35.5. The van der Waals surface area contributed by atoms with Crippen molar-refractivity contribution in [1.82, 2.24) is 0 Å². The fraction of sp³-hybridized carbons (Fsp3) is 0.385. The van der Waals surface area contributed by atoms with E-state index in [4.69, 9.17) is 15.9 Å². The Labute approximate surface area is 221 Å². The van der Waals surface area contributed by atoms with Crippen LogP contribution in [-0.4, -0.2) is 54.0 Å². The first-order chi connectivity index (χ1) is 17.3.